The molecular weight excluding hydrogens is 188 g/mol. The molecule has 2 rings (SSSR count). The van der Waals surface area contributed by atoms with Crippen molar-refractivity contribution in [1.29, 1.82) is 5.26 Å². The minimum atomic E-state index is -3.00. The van der Waals surface area contributed by atoms with Crippen molar-refractivity contribution in [3.8, 4) is 6.07 Å². The molecule has 1 saturated carbocycles. The van der Waals surface area contributed by atoms with Crippen molar-refractivity contribution >= 4 is 10.0 Å². The Kier molecular flexibility index (Phi) is 1.90. The lowest BCUT2D eigenvalue weighted by atomic mass is 10.1. The molecule has 0 aromatic heterocycles. The number of allylic oxidation sites excluding steroid dienone is 1. The fraction of sp³-hybridized carbons (Fsp3) is 0.625. The van der Waals surface area contributed by atoms with Crippen LogP contribution in [0.2, 0.25) is 0 Å². The molecule has 13 heavy (non-hydrogen) atoms. The summed E-state index contributed by atoms with van der Waals surface area (Å²) >= 11 is 0. The van der Waals surface area contributed by atoms with Crippen LogP contribution in [0.5, 0.6) is 0 Å². The fourth-order valence-corrected chi connectivity index (χ4v) is 3.19. The molecule has 0 spiro atoms. The lowest BCUT2D eigenvalue weighted by Gasteiger charge is -2.32. The minimum Gasteiger partial charge on any atom is -0.212 e. The zero-order chi connectivity index (χ0) is 9.47. The Morgan fingerprint density at radius 3 is 2.54 bits per heavy atom. The van der Waals surface area contributed by atoms with Crippen LogP contribution in [-0.2, 0) is 10.0 Å². The van der Waals surface area contributed by atoms with E-state index in [4.69, 9.17) is 5.26 Å². The molecule has 2 fully saturated rings. The van der Waals surface area contributed by atoms with E-state index < -0.39 is 10.0 Å². The topological polar surface area (TPSA) is 61.2 Å². The summed E-state index contributed by atoms with van der Waals surface area (Å²) in [5.41, 5.74) is 0.909. The molecule has 70 valence electrons. The van der Waals surface area contributed by atoms with Crippen LogP contribution >= 0.6 is 0 Å². The maximum atomic E-state index is 11.5. The molecule has 0 aromatic carbocycles. The lowest BCUT2D eigenvalue weighted by molar-refractivity contribution is 0.391. The van der Waals surface area contributed by atoms with E-state index in [-0.39, 0.29) is 5.25 Å². The van der Waals surface area contributed by atoms with Gasteiger partial charge in [-0.15, -0.1) is 0 Å². The molecule has 0 atom stereocenters. The fourth-order valence-electron chi connectivity index (χ4n) is 1.35. The van der Waals surface area contributed by atoms with Gasteiger partial charge in [0.05, 0.1) is 11.3 Å². The van der Waals surface area contributed by atoms with Gasteiger partial charge in [-0.1, -0.05) is 0 Å². The molecule has 0 N–H and O–H groups in total. The zero-order valence-corrected chi connectivity index (χ0v) is 7.92. The van der Waals surface area contributed by atoms with Crippen molar-refractivity contribution < 1.29 is 8.42 Å². The Bertz CT molecular complexity index is 379. The Hall–Kier alpha value is -0.860. The van der Waals surface area contributed by atoms with E-state index >= 15 is 0 Å². The van der Waals surface area contributed by atoms with Crippen LogP contribution in [0, 0.1) is 11.3 Å². The van der Waals surface area contributed by atoms with E-state index in [1.807, 2.05) is 6.07 Å². The van der Waals surface area contributed by atoms with Gasteiger partial charge in [-0.3, -0.25) is 0 Å². The van der Waals surface area contributed by atoms with Crippen molar-refractivity contribution in [2.75, 3.05) is 13.1 Å². The van der Waals surface area contributed by atoms with Gasteiger partial charge in [0, 0.05) is 19.2 Å². The predicted molar refractivity (Wildman–Crippen MR) is 47.2 cm³/mol. The van der Waals surface area contributed by atoms with E-state index in [2.05, 4.69) is 0 Å². The van der Waals surface area contributed by atoms with Crippen molar-refractivity contribution in [3.05, 3.63) is 11.6 Å². The first kappa shape index (κ1) is 8.73. The summed E-state index contributed by atoms with van der Waals surface area (Å²) < 4.78 is 24.5. The SMILES string of the molecule is N#CC=C1CN(S(=O)(=O)C2CC2)C1. The van der Waals surface area contributed by atoms with Gasteiger partial charge < -0.3 is 0 Å². The monoisotopic (exact) mass is 198 g/mol. The number of nitrogens with zero attached hydrogens (tertiary/aromatic N) is 2. The van der Waals surface area contributed by atoms with E-state index in [9.17, 15) is 8.42 Å². The van der Waals surface area contributed by atoms with Gasteiger partial charge in [-0.05, 0) is 18.4 Å². The molecule has 5 heteroatoms. The summed E-state index contributed by atoms with van der Waals surface area (Å²) in [6.45, 7) is 0.846. The van der Waals surface area contributed by atoms with Crippen LogP contribution < -0.4 is 0 Å². The summed E-state index contributed by atoms with van der Waals surface area (Å²) in [5.74, 6) is 0. The number of nitriles is 1. The zero-order valence-electron chi connectivity index (χ0n) is 7.10. The summed E-state index contributed by atoms with van der Waals surface area (Å²) in [6, 6.07) is 1.90. The first-order valence-electron chi connectivity index (χ1n) is 4.21. The van der Waals surface area contributed by atoms with Gasteiger partial charge in [-0.2, -0.15) is 9.57 Å². The van der Waals surface area contributed by atoms with Crippen molar-refractivity contribution in [2.24, 2.45) is 0 Å². The van der Waals surface area contributed by atoms with Gasteiger partial charge in [0.2, 0.25) is 10.0 Å². The molecule has 1 aliphatic heterocycles. The molecule has 0 unspecified atom stereocenters. The van der Waals surface area contributed by atoms with Crippen LogP contribution in [0.3, 0.4) is 0 Å². The highest BCUT2D eigenvalue weighted by Crippen LogP contribution is 2.34. The minimum absolute atomic E-state index is 0.129. The molecule has 2 aliphatic rings. The molecule has 1 aliphatic carbocycles. The van der Waals surface area contributed by atoms with Crippen LogP contribution in [-0.4, -0.2) is 31.1 Å². The number of hydrogen-bond acceptors (Lipinski definition) is 3. The third-order valence-electron chi connectivity index (χ3n) is 2.33. The number of sulfonamides is 1. The molecular formula is C8H10N2O2S. The second-order valence-electron chi connectivity index (χ2n) is 3.44. The van der Waals surface area contributed by atoms with Gasteiger partial charge in [0.15, 0.2) is 0 Å². The summed E-state index contributed by atoms with van der Waals surface area (Å²) in [6.07, 6.45) is 3.03. The van der Waals surface area contributed by atoms with Crippen molar-refractivity contribution in [3.63, 3.8) is 0 Å². The average molecular weight is 198 g/mol. The quantitative estimate of drug-likeness (QED) is 0.597. The second kappa shape index (κ2) is 2.82. The third-order valence-corrected chi connectivity index (χ3v) is 4.62. The predicted octanol–water partition coefficient (Wildman–Crippen LogP) is 0.244. The highest BCUT2D eigenvalue weighted by atomic mass is 32.2. The Morgan fingerprint density at radius 2 is 2.08 bits per heavy atom. The van der Waals surface area contributed by atoms with E-state index in [1.54, 1.807) is 0 Å². The Labute approximate surface area is 77.5 Å². The molecule has 0 radical (unpaired) electrons. The molecule has 0 bridgehead atoms. The van der Waals surface area contributed by atoms with Gasteiger partial charge in [-0.25, -0.2) is 8.42 Å². The van der Waals surface area contributed by atoms with Gasteiger partial charge in [0.25, 0.3) is 0 Å². The van der Waals surface area contributed by atoms with Gasteiger partial charge in [0.1, 0.15) is 0 Å². The normalized spacial score (nSPS) is 23.5. The maximum absolute atomic E-state index is 11.5. The summed E-state index contributed by atoms with van der Waals surface area (Å²) in [5, 5.41) is 8.19. The maximum Gasteiger partial charge on any atom is 0.217 e. The largest absolute Gasteiger partial charge is 0.217 e. The van der Waals surface area contributed by atoms with Crippen LogP contribution in [0.25, 0.3) is 0 Å². The van der Waals surface area contributed by atoms with Gasteiger partial charge >= 0.3 is 0 Å². The Balaban J connectivity index is 2.01. The molecule has 4 nitrogen and oxygen atoms in total. The average Bonchev–Trinajstić information content (AvgIpc) is 2.76. The summed E-state index contributed by atoms with van der Waals surface area (Å²) in [4.78, 5) is 0. The Morgan fingerprint density at radius 1 is 1.46 bits per heavy atom. The highest BCUT2D eigenvalue weighted by Gasteiger charge is 2.43. The lowest BCUT2D eigenvalue weighted by Crippen LogP contribution is -2.45. The molecule has 0 aromatic rings. The highest BCUT2D eigenvalue weighted by molar-refractivity contribution is 7.90. The number of hydrogen-bond donors (Lipinski definition) is 0. The van der Waals surface area contributed by atoms with Crippen molar-refractivity contribution in [2.45, 2.75) is 18.1 Å². The molecule has 1 saturated heterocycles. The van der Waals surface area contributed by atoms with Crippen molar-refractivity contribution in [1.82, 2.24) is 4.31 Å². The smallest absolute Gasteiger partial charge is 0.212 e. The van der Waals surface area contributed by atoms with Crippen LogP contribution in [0.15, 0.2) is 11.6 Å². The standard InChI is InChI=1S/C8H10N2O2S/c9-4-3-7-5-10(6-7)13(11,12)8-1-2-8/h3,8H,1-2,5-6H2. The van der Waals surface area contributed by atoms with E-state index in [1.165, 1.54) is 10.4 Å². The third kappa shape index (κ3) is 1.47. The second-order valence-corrected chi connectivity index (χ2v) is 5.66. The van der Waals surface area contributed by atoms with Crippen LogP contribution in [0.4, 0.5) is 0 Å². The molecule has 0 amide bonds. The van der Waals surface area contributed by atoms with E-state index in [0.717, 1.165) is 18.4 Å². The molecule has 1 heterocycles. The summed E-state index contributed by atoms with van der Waals surface area (Å²) in [7, 11) is -3.00. The van der Waals surface area contributed by atoms with Crippen LogP contribution in [0.1, 0.15) is 12.8 Å². The van der Waals surface area contributed by atoms with E-state index in [0.29, 0.717) is 13.1 Å². The first-order valence-corrected chi connectivity index (χ1v) is 5.71. The number of rotatable bonds is 2. The first-order chi connectivity index (χ1) is 6.14.